The van der Waals surface area contributed by atoms with Gasteiger partial charge in [-0.15, -0.1) is 0 Å². The number of rotatable bonds is 5. The van der Waals surface area contributed by atoms with Crippen LogP contribution in [-0.2, 0) is 11.2 Å². The van der Waals surface area contributed by atoms with E-state index in [0.717, 1.165) is 51.9 Å². The van der Waals surface area contributed by atoms with E-state index in [0.29, 0.717) is 24.9 Å². The highest BCUT2D eigenvalue weighted by molar-refractivity contribution is 5.78. The Hall–Kier alpha value is -1.39. The minimum absolute atomic E-state index is 0.197. The van der Waals surface area contributed by atoms with Gasteiger partial charge < -0.3 is 10.6 Å². The molecule has 1 atom stereocenters. The van der Waals surface area contributed by atoms with Crippen molar-refractivity contribution in [2.75, 3.05) is 39.3 Å². The van der Waals surface area contributed by atoms with E-state index in [4.69, 9.17) is 5.73 Å². The minimum Gasteiger partial charge on any atom is -0.342 e. The molecule has 0 bridgehead atoms. The second-order valence-corrected chi connectivity index (χ2v) is 7.99. The van der Waals surface area contributed by atoms with Gasteiger partial charge in [-0.05, 0) is 55.7 Å². The number of carbonyl (C=O) groups excluding carboxylic acids is 1. The summed E-state index contributed by atoms with van der Waals surface area (Å²) in [7, 11) is 0. The molecule has 1 amide bonds. The van der Waals surface area contributed by atoms with Gasteiger partial charge in [0.25, 0.3) is 0 Å². The zero-order chi connectivity index (χ0) is 17.0. The third kappa shape index (κ3) is 4.37. The van der Waals surface area contributed by atoms with Crippen LogP contribution in [-0.4, -0.2) is 55.0 Å². The van der Waals surface area contributed by atoms with Gasteiger partial charge in [0, 0.05) is 19.6 Å². The molecule has 2 aliphatic heterocycles. The Morgan fingerprint density at radius 1 is 1.21 bits per heavy atom. The molecule has 1 aromatic carbocycles. The van der Waals surface area contributed by atoms with Crippen LogP contribution in [0.2, 0.25) is 0 Å². The van der Waals surface area contributed by atoms with Crippen LogP contribution >= 0.6 is 0 Å². The highest BCUT2D eigenvalue weighted by atomic mass is 16.2. The van der Waals surface area contributed by atoms with Crippen molar-refractivity contribution >= 4 is 5.91 Å². The number of benzene rings is 1. The highest BCUT2D eigenvalue weighted by Crippen LogP contribution is 2.28. The summed E-state index contributed by atoms with van der Waals surface area (Å²) in [5.41, 5.74) is 7.47. The molecule has 0 spiro atoms. The lowest BCUT2D eigenvalue weighted by atomic mass is 9.90. The zero-order valence-electron chi connectivity index (χ0n) is 14.9. The quantitative estimate of drug-likeness (QED) is 0.900. The van der Waals surface area contributed by atoms with Crippen molar-refractivity contribution in [2.45, 2.75) is 32.6 Å². The van der Waals surface area contributed by atoms with Crippen LogP contribution in [0.1, 0.15) is 31.7 Å². The number of piperidine rings is 1. The van der Waals surface area contributed by atoms with E-state index in [1.807, 2.05) is 0 Å². The standard InChI is InChI=1S/C20H31N3O/c1-20(15-21)9-12-22(16-20)14-19(24)23-10-7-18(8-11-23)13-17-5-3-2-4-6-17/h2-6,18H,7-16,21H2,1H3. The molecule has 1 unspecified atom stereocenters. The number of nitrogens with two attached hydrogens (primary N) is 1. The van der Waals surface area contributed by atoms with Crippen LogP contribution in [0.5, 0.6) is 0 Å². The fourth-order valence-corrected chi connectivity index (χ4v) is 4.05. The average Bonchev–Trinajstić information content (AvgIpc) is 2.98. The summed E-state index contributed by atoms with van der Waals surface area (Å²) >= 11 is 0. The molecule has 4 nitrogen and oxygen atoms in total. The van der Waals surface area contributed by atoms with E-state index >= 15 is 0 Å². The first-order chi connectivity index (χ1) is 11.6. The maximum atomic E-state index is 12.6. The molecule has 4 heteroatoms. The number of hydrogen-bond acceptors (Lipinski definition) is 3. The minimum atomic E-state index is 0.197. The average molecular weight is 329 g/mol. The summed E-state index contributed by atoms with van der Waals surface area (Å²) in [6.07, 6.45) is 4.50. The van der Waals surface area contributed by atoms with Crippen molar-refractivity contribution in [2.24, 2.45) is 17.1 Å². The Kier molecular flexibility index (Phi) is 5.57. The van der Waals surface area contributed by atoms with E-state index in [-0.39, 0.29) is 5.41 Å². The second kappa shape index (κ2) is 7.66. The Balaban J connectivity index is 1.42. The van der Waals surface area contributed by atoms with Gasteiger partial charge in [0.2, 0.25) is 5.91 Å². The molecule has 3 rings (SSSR count). The maximum Gasteiger partial charge on any atom is 0.236 e. The summed E-state index contributed by atoms with van der Waals surface area (Å²) in [6.45, 7) is 7.30. The van der Waals surface area contributed by atoms with Crippen LogP contribution in [0.4, 0.5) is 0 Å². The first kappa shape index (κ1) is 17.4. The lowest BCUT2D eigenvalue weighted by Crippen LogP contribution is -2.44. The molecule has 0 aliphatic carbocycles. The number of carbonyl (C=O) groups is 1. The third-order valence-corrected chi connectivity index (χ3v) is 5.82. The summed E-state index contributed by atoms with van der Waals surface area (Å²) < 4.78 is 0. The van der Waals surface area contributed by atoms with Crippen molar-refractivity contribution < 1.29 is 4.79 Å². The summed E-state index contributed by atoms with van der Waals surface area (Å²) in [6, 6.07) is 10.7. The van der Waals surface area contributed by atoms with Crippen molar-refractivity contribution in [3.63, 3.8) is 0 Å². The van der Waals surface area contributed by atoms with Crippen LogP contribution < -0.4 is 5.73 Å². The Morgan fingerprint density at radius 3 is 2.54 bits per heavy atom. The van der Waals surface area contributed by atoms with Gasteiger partial charge in [0.15, 0.2) is 0 Å². The van der Waals surface area contributed by atoms with Crippen molar-refractivity contribution in [3.05, 3.63) is 35.9 Å². The van der Waals surface area contributed by atoms with Crippen LogP contribution in [0.3, 0.4) is 0 Å². The van der Waals surface area contributed by atoms with Gasteiger partial charge in [0.1, 0.15) is 0 Å². The molecule has 132 valence electrons. The van der Waals surface area contributed by atoms with Crippen molar-refractivity contribution in [1.29, 1.82) is 0 Å². The molecule has 2 aliphatic rings. The highest BCUT2D eigenvalue weighted by Gasteiger charge is 2.34. The van der Waals surface area contributed by atoms with Gasteiger partial charge in [-0.2, -0.15) is 0 Å². The SMILES string of the molecule is CC1(CN)CCN(CC(=O)N2CCC(Cc3ccccc3)CC2)C1. The van der Waals surface area contributed by atoms with E-state index < -0.39 is 0 Å². The van der Waals surface area contributed by atoms with E-state index in [1.54, 1.807) is 0 Å². The molecule has 2 fully saturated rings. The maximum absolute atomic E-state index is 12.6. The molecule has 2 N–H and O–H groups in total. The van der Waals surface area contributed by atoms with E-state index in [9.17, 15) is 4.79 Å². The van der Waals surface area contributed by atoms with Crippen LogP contribution in [0.25, 0.3) is 0 Å². The molecular formula is C20H31N3O. The molecular weight excluding hydrogens is 298 g/mol. The van der Waals surface area contributed by atoms with Crippen LogP contribution in [0.15, 0.2) is 30.3 Å². The topological polar surface area (TPSA) is 49.6 Å². The molecule has 24 heavy (non-hydrogen) atoms. The molecule has 0 saturated carbocycles. The number of likely N-dealkylation sites (tertiary alicyclic amines) is 2. The molecule has 0 aromatic heterocycles. The van der Waals surface area contributed by atoms with Crippen molar-refractivity contribution in [1.82, 2.24) is 9.80 Å². The summed E-state index contributed by atoms with van der Waals surface area (Å²) in [4.78, 5) is 16.9. The Labute approximate surface area is 146 Å². The number of hydrogen-bond donors (Lipinski definition) is 1. The fraction of sp³-hybridized carbons (Fsp3) is 0.650. The third-order valence-electron chi connectivity index (χ3n) is 5.82. The van der Waals surface area contributed by atoms with Gasteiger partial charge >= 0.3 is 0 Å². The number of nitrogens with zero attached hydrogens (tertiary/aromatic N) is 2. The molecule has 0 radical (unpaired) electrons. The molecule has 1 aromatic rings. The van der Waals surface area contributed by atoms with E-state index in [2.05, 4.69) is 47.1 Å². The summed E-state index contributed by atoms with van der Waals surface area (Å²) in [5.74, 6) is 1.01. The predicted octanol–water partition coefficient (Wildman–Crippen LogP) is 2.14. The Morgan fingerprint density at radius 2 is 1.92 bits per heavy atom. The first-order valence-corrected chi connectivity index (χ1v) is 9.32. The van der Waals surface area contributed by atoms with Gasteiger partial charge in [-0.3, -0.25) is 9.69 Å². The fourth-order valence-electron chi connectivity index (χ4n) is 4.05. The Bertz CT molecular complexity index is 539. The monoisotopic (exact) mass is 329 g/mol. The van der Waals surface area contributed by atoms with Gasteiger partial charge in [-0.1, -0.05) is 37.3 Å². The van der Waals surface area contributed by atoms with Gasteiger partial charge in [-0.25, -0.2) is 0 Å². The number of amides is 1. The molecule has 2 heterocycles. The normalized spacial score (nSPS) is 26.0. The zero-order valence-corrected chi connectivity index (χ0v) is 14.9. The van der Waals surface area contributed by atoms with Crippen molar-refractivity contribution in [3.8, 4) is 0 Å². The molecule has 2 saturated heterocycles. The predicted molar refractivity (Wildman–Crippen MR) is 97.7 cm³/mol. The summed E-state index contributed by atoms with van der Waals surface area (Å²) in [5, 5.41) is 0. The van der Waals surface area contributed by atoms with E-state index in [1.165, 1.54) is 5.56 Å². The first-order valence-electron chi connectivity index (χ1n) is 9.32. The van der Waals surface area contributed by atoms with Gasteiger partial charge in [0.05, 0.1) is 6.54 Å². The largest absolute Gasteiger partial charge is 0.342 e. The lowest BCUT2D eigenvalue weighted by Gasteiger charge is -2.33. The second-order valence-electron chi connectivity index (χ2n) is 7.99. The lowest BCUT2D eigenvalue weighted by molar-refractivity contribution is -0.133. The van der Waals surface area contributed by atoms with Crippen LogP contribution in [0, 0.1) is 11.3 Å². The smallest absolute Gasteiger partial charge is 0.236 e.